The minimum absolute atomic E-state index is 0.0760. The van der Waals surface area contributed by atoms with E-state index in [1.165, 1.54) is 17.4 Å². The highest BCUT2D eigenvalue weighted by Crippen LogP contribution is 2.30. The number of aromatic nitrogens is 1. The number of amides is 2. The van der Waals surface area contributed by atoms with Gasteiger partial charge >= 0.3 is 0 Å². The van der Waals surface area contributed by atoms with Gasteiger partial charge in [-0.2, -0.15) is 0 Å². The van der Waals surface area contributed by atoms with Crippen LogP contribution in [-0.2, 0) is 9.59 Å². The van der Waals surface area contributed by atoms with E-state index in [1.807, 2.05) is 18.4 Å². The molecule has 8 heteroatoms. The minimum Gasteiger partial charge on any atom is -0.485 e. The van der Waals surface area contributed by atoms with Crippen molar-refractivity contribution < 1.29 is 19.1 Å². The second kappa shape index (κ2) is 7.14. The molecule has 1 aromatic heterocycles. The molecule has 1 aromatic carbocycles. The number of nitrogens with one attached hydrogen (secondary N) is 2. The first-order valence-corrected chi connectivity index (χ1v) is 8.08. The normalized spacial score (nSPS) is 16.0. The molecule has 1 atom stereocenters. The summed E-state index contributed by atoms with van der Waals surface area (Å²) in [6.45, 7) is 1.96. The number of aryl methyl sites for hydroxylation is 1. The van der Waals surface area contributed by atoms with Gasteiger partial charge in [0.25, 0.3) is 11.8 Å². The molecule has 2 N–H and O–H groups in total. The number of hydrogen-bond acceptors (Lipinski definition) is 6. The Morgan fingerprint density at radius 1 is 1.29 bits per heavy atom. The number of thiazole rings is 1. The summed E-state index contributed by atoms with van der Waals surface area (Å²) in [5.74, 6) is 0.128. The number of hydrazine groups is 1. The van der Waals surface area contributed by atoms with Gasteiger partial charge in [0.05, 0.1) is 10.7 Å². The summed E-state index contributed by atoms with van der Waals surface area (Å²) < 4.78 is 11.0. The third kappa shape index (κ3) is 3.90. The van der Waals surface area contributed by atoms with Crippen LogP contribution in [0.5, 0.6) is 11.5 Å². The lowest BCUT2D eigenvalue weighted by Crippen LogP contribution is -2.50. The van der Waals surface area contributed by atoms with Crippen LogP contribution >= 0.6 is 11.3 Å². The van der Waals surface area contributed by atoms with Gasteiger partial charge in [-0.15, -0.1) is 11.3 Å². The number of nitrogens with zero attached hydrogens (tertiary/aromatic N) is 1. The second-order valence-corrected chi connectivity index (χ2v) is 6.03. The highest BCUT2D eigenvalue weighted by molar-refractivity contribution is 7.09. The molecule has 0 unspecified atom stereocenters. The Hall–Kier alpha value is -2.87. The topological polar surface area (TPSA) is 89.6 Å². The molecular weight excluding hydrogens is 330 g/mol. The smallest absolute Gasteiger partial charge is 0.283 e. The molecule has 24 heavy (non-hydrogen) atoms. The van der Waals surface area contributed by atoms with Crippen molar-refractivity contribution in [3.8, 4) is 11.5 Å². The molecule has 0 radical (unpaired) electrons. The summed E-state index contributed by atoms with van der Waals surface area (Å²) in [7, 11) is 0. The van der Waals surface area contributed by atoms with Gasteiger partial charge in [0.2, 0.25) is 6.10 Å². The van der Waals surface area contributed by atoms with Crippen molar-refractivity contribution in [2.45, 2.75) is 13.0 Å². The van der Waals surface area contributed by atoms with Crippen molar-refractivity contribution in [1.29, 1.82) is 0 Å². The predicted octanol–water partition coefficient (Wildman–Crippen LogP) is 1.45. The zero-order valence-corrected chi connectivity index (χ0v) is 13.6. The van der Waals surface area contributed by atoms with E-state index in [0.717, 1.165) is 5.01 Å². The largest absolute Gasteiger partial charge is 0.485 e. The lowest BCUT2D eigenvalue weighted by Gasteiger charge is -2.25. The Labute approximate surface area is 142 Å². The molecule has 0 fully saturated rings. The number of carbonyl (C=O) groups excluding carboxylic acids is 2. The maximum Gasteiger partial charge on any atom is 0.283 e. The van der Waals surface area contributed by atoms with E-state index in [2.05, 4.69) is 15.8 Å². The van der Waals surface area contributed by atoms with Crippen LogP contribution in [0, 0.1) is 6.92 Å². The van der Waals surface area contributed by atoms with E-state index in [4.69, 9.17) is 9.47 Å². The summed E-state index contributed by atoms with van der Waals surface area (Å²) >= 11 is 1.49. The first kappa shape index (κ1) is 16.0. The molecule has 1 aliphatic rings. The minimum atomic E-state index is -0.828. The number of para-hydroxylation sites is 2. The molecule has 3 rings (SSSR count). The van der Waals surface area contributed by atoms with Crippen LogP contribution < -0.4 is 20.3 Å². The zero-order valence-electron chi connectivity index (χ0n) is 12.8. The monoisotopic (exact) mass is 345 g/mol. The highest BCUT2D eigenvalue weighted by atomic mass is 32.1. The summed E-state index contributed by atoms with van der Waals surface area (Å²) in [5.41, 5.74) is 5.30. The molecule has 7 nitrogen and oxygen atoms in total. The third-order valence-corrected chi connectivity index (χ3v) is 3.94. The van der Waals surface area contributed by atoms with E-state index < -0.39 is 17.9 Å². The molecule has 0 aliphatic carbocycles. The van der Waals surface area contributed by atoms with Crippen molar-refractivity contribution in [3.63, 3.8) is 0 Å². The highest BCUT2D eigenvalue weighted by Gasteiger charge is 2.27. The van der Waals surface area contributed by atoms with Crippen LogP contribution in [-0.4, -0.2) is 29.5 Å². The molecule has 1 aliphatic heterocycles. The van der Waals surface area contributed by atoms with E-state index in [0.29, 0.717) is 17.2 Å². The fourth-order valence-corrected chi connectivity index (χ4v) is 2.59. The maximum absolute atomic E-state index is 12.0. The number of benzene rings is 1. The first-order valence-electron chi connectivity index (χ1n) is 7.20. The standard InChI is InChI=1S/C16H15N3O4S/c1-10-17-11(9-24-10)6-7-15(20)18-19-16(21)14-8-22-12-4-2-3-5-13(12)23-14/h2-7,9,14H,8H2,1H3,(H,18,20)(H,19,21)/b7-6+/t14-/m1/s1. The summed E-state index contributed by atoms with van der Waals surface area (Å²) in [6, 6.07) is 7.08. The number of ether oxygens (including phenoxy) is 2. The van der Waals surface area contributed by atoms with E-state index in [-0.39, 0.29) is 6.61 Å². The van der Waals surface area contributed by atoms with Crippen molar-refractivity contribution in [2.24, 2.45) is 0 Å². The Balaban J connectivity index is 1.49. The lowest BCUT2D eigenvalue weighted by atomic mass is 10.2. The Bertz CT molecular complexity index is 787. The van der Waals surface area contributed by atoms with Gasteiger partial charge in [-0.25, -0.2) is 4.98 Å². The quantitative estimate of drug-likeness (QED) is 0.649. The molecular formula is C16H15N3O4S. The number of hydrogen-bond donors (Lipinski definition) is 2. The Kier molecular flexibility index (Phi) is 4.76. The summed E-state index contributed by atoms with van der Waals surface area (Å²) in [6.07, 6.45) is 2.04. The van der Waals surface area contributed by atoms with Gasteiger partial charge in [-0.3, -0.25) is 20.4 Å². The first-order chi connectivity index (χ1) is 11.6. The molecule has 2 heterocycles. The van der Waals surface area contributed by atoms with Crippen LogP contribution in [0.4, 0.5) is 0 Å². The summed E-state index contributed by atoms with van der Waals surface area (Å²) in [4.78, 5) is 27.9. The fraction of sp³-hybridized carbons (Fsp3) is 0.188. The van der Waals surface area contributed by atoms with Gasteiger partial charge in [-0.05, 0) is 25.1 Å². The van der Waals surface area contributed by atoms with E-state index in [9.17, 15) is 9.59 Å². The number of fused-ring (bicyclic) bond motifs is 1. The van der Waals surface area contributed by atoms with E-state index in [1.54, 1.807) is 24.3 Å². The Morgan fingerprint density at radius 3 is 2.83 bits per heavy atom. The van der Waals surface area contributed by atoms with Gasteiger partial charge in [-0.1, -0.05) is 12.1 Å². The number of carbonyl (C=O) groups is 2. The molecule has 0 saturated carbocycles. The zero-order chi connectivity index (χ0) is 16.9. The molecule has 0 bridgehead atoms. The van der Waals surface area contributed by atoms with Crippen molar-refractivity contribution >= 4 is 29.2 Å². The average Bonchev–Trinajstić information content (AvgIpc) is 3.02. The van der Waals surface area contributed by atoms with Gasteiger partial charge in [0.15, 0.2) is 11.5 Å². The number of rotatable bonds is 3. The van der Waals surface area contributed by atoms with Crippen molar-refractivity contribution in [2.75, 3.05) is 6.61 Å². The molecule has 0 saturated heterocycles. The van der Waals surface area contributed by atoms with Crippen molar-refractivity contribution in [1.82, 2.24) is 15.8 Å². The van der Waals surface area contributed by atoms with Gasteiger partial charge in [0.1, 0.15) is 6.61 Å². The Morgan fingerprint density at radius 2 is 2.08 bits per heavy atom. The van der Waals surface area contributed by atoms with Crippen LogP contribution in [0.3, 0.4) is 0 Å². The molecule has 0 spiro atoms. The predicted molar refractivity (Wildman–Crippen MR) is 88.5 cm³/mol. The van der Waals surface area contributed by atoms with Gasteiger partial charge in [0, 0.05) is 11.5 Å². The lowest BCUT2D eigenvalue weighted by molar-refractivity contribution is -0.134. The van der Waals surface area contributed by atoms with Crippen LogP contribution in [0.25, 0.3) is 6.08 Å². The molecule has 2 aromatic rings. The third-order valence-electron chi connectivity index (χ3n) is 3.15. The molecule has 2 amide bonds. The SMILES string of the molecule is Cc1nc(/C=C/C(=O)NNC(=O)[C@H]2COc3ccccc3O2)cs1. The maximum atomic E-state index is 12.0. The second-order valence-electron chi connectivity index (χ2n) is 4.97. The van der Waals surface area contributed by atoms with Crippen LogP contribution in [0.1, 0.15) is 10.7 Å². The fourth-order valence-electron chi connectivity index (χ4n) is 2.01. The van der Waals surface area contributed by atoms with Gasteiger partial charge < -0.3 is 9.47 Å². The van der Waals surface area contributed by atoms with Crippen LogP contribution in [0.2, 0.25) is 0 Å². The average molecular weight is 345 g/mol. The van der Waals surface area contributed by atoms with E-state index >= 15 is 0 Å². The molecule has 124 valence electrons. The van der Waals surface area contributed by atoms with Crippen LogP contribution in [0.15, 0.2) is 35.7 Å². The van der Waals surface area contributed by atoms with Crippen molar-refractivity contribution in [3.05, 3.63) is 46.4 Å². The summed E-state index contributed by atoms with van der Waals surface area (Å²) in [5, 5.41) is 2.75.